The van der Waals surface area contributed by atoms with Crippen LogP contribution in [0.1, 0.15) is 11.3 Å². The molecule has 1 rings (SSSR count). The summed E-state index contributed by atoms with van der Waals surface area (Å²) in [4.78, 5) is 16.2. The van der Waals surface area contributed by atoms with Crippen molar-refractivity contribution < 1.29 is 13.2 Å². The Morgan fingerprint density at radius 3 is 2.73 bits per heavy atom. The van der Waals surface area contributed by atoms with Crippen molar-refractivity contribution in [1.29, 1.82) is 0 Å². The van der Waals surface area contributed by atoms with Gasteiger partial charge in [0.15, 0.2) is 5.69 Å². The number of hydrogen-bond acceptors (Lipinski definition) is 2. The minimum absolute atomic E-state index is 0.179. The van der Waals surface area contributed by atoms with E-state index in [0.717, 1.165) is 0 Å². The molecule has 1 heterocycles. The molecule has 0 radical (unpaired) electrons. The van der Waals surface area contributed by atoms with Gasteiger partial charge >= 0.3 is 6.18 Å². The minimum Gasteiger partial charge on any atom is -0.312 e. The third kappa shape index (κ3) is 2.83. The molecule has 0 aromatic carbocycles. The Labute approximate surface area is 90.9 Å². The van der Waals surface area contributed by atoms with Crippen molar-refractivity contribution >= 4 is 15.9 Å². The standard InChI is InChI=1S/C8H4BrF3N2O/c9-3-1-2-5-6(8(10,11)12)13-4-14-7(5)15/h4H,3H2,(H,13,14,15). The molecule has 1 aromatic rings. The van der Waals surface area contributed by atoms with Crippen LogP contribution in [0, 0.1) is 11.8 Å². The predicted molar refractivity (Wildman–Crippen MR) is 50.5 cm³/mol. The van der Waals surface area contributed by atoms with E-state index in [0.29, 0.717) is 6.33 Å². The normalized spacial score (nSPS) is 10.7. The van der Waals surface area contributed by atoms with Gasteiger partial charge in [-0.25, -0.2) is 4.98 Å². The lowest BCUT2D eigenvalue weighted by Gasteiger charge is -2.05. The molecule has 0 aliphatic carbocycles. The largest absolute Gasteiger partial charge is 0.434 e. The maximum Gasteiger partial charge on any atom is 0.434 e. The van der Waals surface area contributed by atoms with Gasteiger partial charge in [0.2, 0.25) is 0 Å². The summed E-state index contributed by atoms with van der Waals surface area (Å²) in [5.74, 6) is 4.44. The molecule has 0 aliphatic heterocycles. The van der Waals surface area contributed by atoms with E-state index in [4.69, 9.17) is 0 Å². The lowest BCUT2D eigenvalue weighted by molar-refractivity contribution is -0.141. The number of aromatic amines is 1. The first-order chi connectivity index (χ1) is 6.96. The van der Waals surface area contributed by atoms with Crippen LogP contribution in [-0.2, 0) is 6.18 Å². The summed E-state index contributed by atoms with van der Waals surface area (Å²) >= 11 is 2.92. The first-order valence-electron chi connectivity index (χ1n) is 3.66. The Morgan fingerprint density at radius 1 is 1.53 bits per heavy atom. The number of rotatable bonds is 0. The van der Waals surface area contributed by atoms with E-state index in [2.05, 4.69) is 32.8 Å². The van der Waals surface area contributed by atoms with Crippen molar-refractivity contribution in [3.8, 4) is 11.8 Å². The van der Waals surface area contributed by atoms with Gasteiger partial charge in [0.1, 0.15) is 5.56 Å². The third-order valence-corrected chi connectivity index (χ3v) is 1.68. The summed E-state index contributed by atoms with van der Waals surface area (Å²) in [6, 6.07) is 0. The summed E-state index contributed by atoms with van der Waals surface area (Å²) in [6.07, 6.45) is -3.98. The molecule has 1 aromatic heterocycles. The molecule has 0 spiro atoms. The Balaban J connectivity index is 3.40. The SMILES string of the molecule is O=c1[nH]cnc(C(F)(F)F)c1C#CCBr. The third-order valence-electron chi connectivity index (χ3n) is 1.40. The molecule has 0 saturated heterocycles. The summed E-state index contributed by atoms with van der Waals surface area (Å²) in [7, 11) is 0. The fraction of sp³-hybridized carbons (Fsp3) is 0.250. The molecule has 0 amide bonds. The van der Waals surface area contributed by atoms with Gasteiger partial charge in [0.25, 0.3) is 5.56 Å². The zero-order valence-corrected chi connectivity index (χ0v) is 8.74. The van der Waals surface area contributed by atoms with Gasteiger partial charge in [0, 0.05) is 0 Å². The van der Waals surface area contributed by atoms with Crippen molar-refractivity contribution in [1.82, 2.24) is 9.97 Å². The number of H-pyrrole nitrogens is 1. The van der Waals surface area contributed by atoms with Crippen molar-refractivity contribution in [2.45, 2.75) is 6.18 Å². The molecule has 3 nitrogen and oxygen atoms in total. The molecule has 80 valence electrons. The summed E-state index contributed by atoms with van der Waals surface area (Å²) in [5, 5.41) is 0.179. The molecule has 15 heavy (non-hydrogen) atoms. The van der Waals surface area contributed by atoms with Crippen LogP contribution in [0.2, 0.25) is 0 Å². The van der Waals surface area contributed by atoms with Crippen LogP contribution in [0.15, 0.2) is 11.1 Å². The second-order valence-corrected chi connectivity index (χ2v) is 2.95. The maximum atomic E-state index is 12.4. The highest BCUT2D eigenvalue weighted by Gasteiger charge is 2.36. The molecule has 7 heteroatoms. The Morgan fingerprint density at radius 2 is 2.20 bits per heavy atom. The maximum absolute atomic E-state index is 12.4. The molecule has 0 saturated carbocycles. The highest BCUT2D eigenvalue weighted by atomic mass is 79.9. The minimum atomic E-state index is -4.68. The van der Waals surface area contributed by atoms with E-state index in [-0.39, 0.29) is 5.33 Å². The van der Waals surface area contributed by atoms with E-state index >= 15 is 0 Å². The van der Waals surface area contributed by atoms with Gasteiger partial charge in [-0.2, -0.15) is 13.2 Å². The molecule has 0 unspecified atom stereocenters. The van der Waals surface area contributed by atoms with Crippen molar-refractivity contribution in [2.24, 2.45) is 0 Å². The van der Waals surface area contributed by atoms with Gasteiger partial charge < -0.3 is 4.98 Å². The summed E-state index contributed by atoms with van der Waals surface area (Å²) in [5.41, 5.74) is -2.82. The monoisotopic (exact) mass is 280 g/mol. The van der Waals surface area contributed by atoms with E-state index in [1.165, 1.54) is 0 Å². The number of halogens is 4. The number of nitrogens with one attached hydrogen (secondary N) is 1. The average Bonchev–Trinajstić information content (AvgIpc) is 2.14. The lowest BCUT2D eigenvalue weighted by Crippen LogP contribution is -2.20. The number of hydrogen-bond donors (Lipinski definition) is 1. The highest BCUT2D eigenvalue weighted by molar-refractivity contribution is 9.09. The zero-order valence-electron chi connectivity index (χ0n) is 7.15. The molecular formula is C8H4BrF3N2O. The highest BCUT2D eigenvalue weighted by Crippen LogP contribution is 2.28. The molecule has 1 N–H and O–H groups in total. The summed E-state index contributed by atoms with van der Waals surface area (Å²) in [6.45, 7) is 0. The van der Waals surface area contributed by atoms with Gasteiger partial charge in [-0.15, -0.1) is 0 Å². The Bertz CT molecular complexity index is 469. The van der Waals surface area contributed by atoms with Gasteiger partial charge in [-0.1, -0.05) is 27.8 Å². The fourth-order valence-corrected chi connectivity index (χ4v) is 0.993. The van der Waals surface area contributed by atoms with Crippen LogP contribution >= 0.6 is 15.9 Å². The molecule has 0 fully saturated rings. The van der Waals surface area contributed by atoms with Gasteiger partial charge in [-0.05, 0) is 0 Å². The second kappa shape index (κ2) is 4.49. The lowest BCUT2D eigenvalue weighted by atomic mass is 10.2. The average molecular weight is 281 g/mol. The topological polar surface area (TPSA) is 45.8 Å². The van der Waals surface area contributed by atoms with Crippen LogP contribution in [0.4, 0.5) is 13.2 Å². The van der Waals surface area contributed by atoms with Crippen LogP contribution in [-0.4, -0.2) is 15.3 Å². The van der Waals surface area contributed by atoms with E-state index in [1.54, 1.807) is 0 Å². The van der Waals surface area contributed by atoms with Crippen molar-refractivity contribution in [2.75, 3.05) is 5.33 Å². The van der Waals surface area contributed by atoms with Crippen LogP contribution in [0.5, 0.6) is 0 Å². The first kappa shape index (κ1) is 11.8. The summed E-state index contributed by atoms with van der Waals surface area (Å²) < 4.78 is 37.1. The van der Waals surface area contributed by atoms with E-state index in [9.17, 15) is 18.0 Å². The predicted octanol–water partition coefficient (Wildman–Crippen LogP) is 1.54. The number of nitrogens with zero attached hydrogens (tertiary/aromatic N) is 1. The van der Waals surface area contributed by atoms with Crippen LogP contribution in [0.25, 0.3) is 0 Å². The van der Waals surface area contributed by atoms with E-state index in [1.807, 2.05) is 4.98 Å². The molecule has 0 bridgehead atoms. The number of alkyl halides is 4. The zero-order chi connectivity index (χ0) is 11.5. The van der Waals surface area contributed by atoms with Crippen LogP contribution < -0.4 is 5.56 Å². The van der Waals surface area contributed by atoms with Crippen molar-refractivity contribution in [3.63, 3.8) is 0 Å². The van der Waals surface area contributed by atoms with Crippen molar-refractivity contribution in [3.05, 3.63) is 27.9 Å². The second-order valence-electron chi connectivity index (χ2n) is 2.39. The Hall–Kier alpha value is -1.29. The molecule has 0 aliphatic rings. The van der Waals surface area contributed by atoms with Gasteiger partial charge in [0.05, 0.1) is 11.7 Å². The van der Waals surface area contributed by atoms with E-state index < -0.39 is 23.0 Å². The quantitative estimate of drug-likeness (QED) is 0.579. The van der Waals surface area contributed by atoms with Gasteiger partial charge in [-0.3, -0.25) is 4.79 Å². The molecule has 0 atom stereocenters. The smallest absolute Gasteiger partial charge is 0.312 e. The fourth-order valence-electron chi connectivity index (χ4n) is 0.852. The Kier molecular flexibility index (Phi) is 3.52. The number of aromatic nitrogens is 2. The molecular weight excluding hydrogens is 277 g/mol. The van der Waals surface area contributed by atoms with Crippen LogP contribution in [0.3, 0.4) is 0 Å². The first-order valence-corrected chi connectivity index (χ1v) is 4.78.